The van der Waals surface area contributed by atoms with Crippen molar-refractivity contribution in [3.05, 3.63) is 53.5 Å². The lowest BCUT2D eigenvalue weighted by molar-refractivity contribution is 0.834. The van der Waals surface area contributed by atoms with Crippen LogP contribution < -0.4 is 0 Å². The molecule has 0 bridgehead atoms. The van der Waals surface area contributed by atoms with Gasteiger partial charge in [-0.05, 0) is 18.1 Å². The summed E-state index contributed by atoms with van der Waals surface area (Å²) in [7, 11) is 0. The van der Waals surface area contributed by atoms with E-state index in [4.69, 9.17) is 11.6 Å². The number of nitrogens with zero attached hydrogens (tertiary/aromatic N) is 5. The quantitative estimate of drug-likeness (QED) is 0.722. The van der Waals surface area contributed by atoms with Gasteiger partial charge >= 0.3 is 0 Å². The summed E-state index contributed by atoms with van der Waals surface area (Å²) in [6, 6.07) is 3.98. The highest BCUT2D eigenvalue weighted by molar-refractivity contribution is 6.32. The Hall–Kier alpha value is -2.01. The molecule has 3 rings (SSSR count). The highest BCUT2D eigenvalue weighted by atomic mass is 35.5. The summed E-state index contributed by atoms with van der Waals surface area (Å²) in [5, 5.41) is 8.55. The second-order valence-corrected chi connectivity index (χ2v) is 4.25. The Morgan fingerprint density at radius 1 is 1.17 bits per heavy atom. The molecule has 0 fully saturated rings. The third-order valence-corrected chi connectivity index (χ3v) is 2.98. The van der Waals surface area contributed by atoms with Crippen molar-refractivity contribution in [1.82, 2.24) is 24.6 Å². The number of pyridine rings is 1. The molecule has 3 aromatic rings. The van der Waals surface area contributed by atoms with Crippen molar-refractivity contribution in [2.45, 2.75) is 12.8 Å². The molecule has 0 radical (unpaired) electrons. The maximum absolute atomic E-state index is 5.94. The Kier molecular flexibility index (Phi) is 2.90. The van der Waals surface area contributed by atoms with Crippen LogP contribution in [0, 0.1) is 0 Å². The number of hydrogen-bond acceptors (Lipinski definition) is 4. The van der Waals surface area contributed by atoms with Gasteiger partial charge < -0.3 is 0 Å². The fraction of sp³-hybridized carbons (Fsp3) is 0.167. The molecule has 0 aliphatic carbocycles. The minimum absolute atomic E-state index is 0.373. The minimum atomic E-state index is 0.373. The molecule has 5 nitrogen and oxygen atoms in total. The van der Waals surface area contributed by atoms with Crippen molar-refractivity contribution < 1.29 is 0 Å². The van der Waals surface area contributed by atoms with Crippen LogP contribution in [0.15, 0.2) is 36.9 Å². The molecule has 0 amide bonds. The summed E-state index contributed by atoms with van der Waals surface area (Å²) in [6.45, 7) is 0. The van der Waals surface area contributed by atoms with Gasteiger partial charge in [0.1, 0.15) is 5.82 Å². The van der Waals surface area contributed by atoms with Gasteiger partial charge in [-0.25, -0.2) is 4.98 Å². The number of rotatable bonds is 3. The van der Waals surface area contributed by atoms with Crippen LogP contribution in [0.25, 0.3) is 5.65 Å². The monoisotopic (exact) mass is 259 g/mol. The topological polar surface area (TPSA) is 56.0 Å². The van der Waals surface area contributed by atoms with Crippen LogP contribution in [-0.2, 0) is 12.8 Å². The second kappa shape index (κ2) is 4.70. The van der Waals surface area contributed by atoms with Gasteiger partial charge in [0.15, 0.2) is 10.8 Å². The van der Waals surface area contributed by atoms with Crippen molar-refractivity contribution in [2.24, 2.45) is 0 Å². The normalized spacial score (nSPS) is 10.9. The summed E-state index contributed by atoms with van der Waals surface area (Å²) < 4.78 is 1.87. The van der Waals surface area contributed by atoms with Crippen molar-refractivity contribution in [3.8, 4) is 0 Å². The van der Waals surface area contributed by atoms with Crippen molar-refractivity contribution in [2.75, 3.05) is 0 Å². The fourth-order valence-electron chi connectivity index (χ4n) is 1.82. The van der Waals surface area contributed by atoms with E-state index in [0.717, 1.165) is 18.7 Å². The van der Waals surface area contributed by atoms with Crippen LogP contribution in [0.1, 0.15) is 11.4 Å². The number of aromatic nitrogens is 5. The Balaban J connectivity index is 1.85. The van der Waals surface area contributed by atoms with Gasteiger partial charge in [-0.15, -0.1) is 10.2 Å². The van der Waals surface area contributed by atoms with Crippen molar-refractivity contribution in [3.63, 3.8) is 0 Å². The zero-order valence-electron chi connectivity index (χ0n) is 9.49. The molecule has 0 N–H and O–H groups in total. The maximum Gasteiger partial charge on any atom is 0.198 e. The van der Waals surface area contributed by atoms with E-state index < -0.39 is 0 Å². The standard InChI is InChI=1S/C12H10ClN5/c13-11-12-17-16-10(18(12)7-6-15-11)4-3-9-2-1-5-14-8-9/h1-2,5-8H,3-4H2. The SMILES string of the molecule is Clc1nccn2c(CCc3cccnc3)nnc12. The van der Waals surface area contributed by atoms with Gasteiger partial charge in [-0.1, -0.05) is 17.7 Å². The minimum Gasteiger partial charge on any atom is -0.282 e. The first kappa shape index (κ1) is 11.1. The van der Waals surface area contributed by atoms with Crippen LogP contribution >= 0.6 is 11.6 Å². The molecular formula is C12H10ClN5. The van der Waals surface area contributed by atoms with Crippen LogP contribution in [0.4, 0.5) is 0 Å². The van der Waals surface area contributed by atoms with Gasteiger partial charge in [0, 0.05) is 31.2 Å². The Morgan fingerprint density at radius 2 is 2.11 bits per heavy atom. The van der Waals surface area contributed by atoms with E-state index in [9.17, 15) is 0 Å². The number of fused-ring (bicyclic) bond motifs is 1. The lowest BCUT2D eigenvalue weighted by Crippen LogP contribution is -1.98. The fourth-order valence-corrected chi connectivity index (χ4v) is 2.00. The zero-order chi connectivity index (χ0) is 12.4. The van der Waals surface area contributed by atoms with E-state index in [1.54, 1.807) is 12.4 Å². The molecule has 18 heavy (non-hydrogen) atoms. The Bertz CT molecular complexity index is 665. The molecule has 0 aliphatic heterocycles. The van der Waals surface area contributed by atoms with E-state index in [0.29, 0.717) is 10.8 Å². The summed E-state index contributed by atoms with van der Waals surface area (Å²) in [5.74, 6) is 0.873. The predicted octanol–water partition coefficient (Wildman–Crippen LogP) is 1.96. The largest absolute Gasteiger partial charge is 0.282 e. The first-order valence-electron chi connectivity index (χ1n) is 5.57. The lowest BCUT2D eigenvalue weighted by Gasteiger charge is -2.00. The molecular weight excluding hydrogens is 250 g/mol. The zero-order valence-corrected chi connectivity index (χ0v) is 10.2. The lowest BCUT2D eigenvalue weighted by atomic mass is 10.1. The number of halogens is 1. The van der Waals surface area contributed by atoms with E-state index in [2.05, 4.69) is 20.2 Å². The first-order valence-corrected chi connectivity index (χ1v) is 5.95. The molecule has 6 heteroatoms. The van der Waals surface area contributed by atoms with Crippen LogP contribution in [0.3, 0.4) is 0 Å². The molecule has 0 aliphatic rings. The van der Waals surface area contributed by atoms with Crippen LogP contribution in [0.5, 0.6) is 0 Å². The molecule has 0 saturated heterocycles. The van der Waals surface area contributed by atoms with E-state index in [1.807, 2.05) is 28.9 Å². The highest BCUT2D eigenvalue weighted by Gasteiger charge is 2.08. The Labute approximate surface area is 108 Å². The first-order chi connectivity index (χ1) is 8.84. The number of aryl methyl sites for hydroxylation is 2. The average Bonchev–Trinajstić information content (AvgIpc) is 2.82. The van der Waals surface area contributed by atoms with Crippen LogP contribution in [-0.4, -0.2) is 24.6 Å². The van der Waals surface area contributed by atoms with Gasteiger partial charge in [-0.2, -0.15) is 0 Å². The third-order valence-electron chi connectivity index (χ3n) is 2.71. The number of hydrogen-bond donors (Lipinski definition) is 0. The summed E-state index contributed by atoms with van der Waals surface area (Å²) in [4.78, 5) is 8.06. The van der Waals surface area contributed by atoms with Gasteiger partial charge in [0.05, 0.1) is 0 Å². The summed E-state index contributed by atoms with van der Waals surface area (Å²) in [6.07, 6.45) is 8.74. The summed E-state index contributed by atoms with van der Waals surface area (Å²) >= 11 is 5.94. The average molecular weight is 260 g/mol. The molecule has 0 spiro atoms. The van der Waals surface area contributed by atoms with Gasteiger partial charge in [-0.3, -0.25) is 9.38 Å². The molecule has 0 aromatic carbocycles. The van der Waals surface area contributed by atoms with E-state index in [-0.39, 0.29) is 0 Å². The van der Waals surface area contributed by atoms with Gasteiger partial charge in [0.2, 0.25) is 0 Å². The van der Waals surface area contributed by atoms with E-state index >= 15 is 0 Å². The van der Waals surface area contributed by atoms with Gasteiger partial charge in [0.25, 0.3) is 0 Å². The van der Waals surface area contributed by atoms with Crippen molar-refractivity contribution >= 4 is 17.2 Å². The molecule has 3 heterocycles. The van der Waals surface area contributed by atoms with Crippen LogP contribution in [0.2, 0.25) is 5.15 Å². The molecule has 90 valence electrons. The smallest absolute Gasteiger partial charge is 0.198 e. The van der Waals surface area contributed by atoms with E-state index in [1.165, 1.54) is 5.56 Å². The maximum atomic E-state index is 5.94. The molecule has 0 saturated carbocycles. The molecule has 0 unspecified atom stereocenters. The molecule has 3 aromatic heterocycles. The van der Waals surface area contributed by atoms with Crippen molar-refractivity contribution in [1.29, 1.82) is 0 Å². The third kappa shape index (κ3) is 2.04. The predicted molar refractivity (Wildman–Crippen MR) is 67.4 cm³/mol. The summed E-state index contributed by atoms with van der Waals surface area (Å²) in [5.41, 5.74) is 1.77. The highest BCUT2D eigenvalue weighted by Crippen LogP contribution is 2.13. The molecule has 0 atom stereocenters. The Morgan fingerprint density at radius 3 is 2.94 bits per heavy atom. The second-order valence-electron chi connectivity index (χ2n) is 3.89.